The second-order valence-corrected chi connectivity index (χ2v) is 12.0. The summed E-state index contributed by atoms with van der Waals surface area (Å²) in [5, 5.41) is 0. The highest BCUT2D eigenvalue weighted by Crippen LogP contribution is 2.60. The van der Waals surface area contributed by atoms with E-state index in [-0.39, 0.29) is 24.8 Å². The van der Waals surface area contributed by atoms with Gasteiger partial charge in [-0.25, -0.2) is 0 Å². The molecular weight excluding hydrogens is 711 g/mol. The second-order valence-electron chi connectivity index (χ2n) is 12.0. The van der Waals surface area contributed by atoms with E-state index in [0.29, 0.717) is 24.0 Å². The third-order valence-corrected chi connectivity index (χ3v) is 8.44. The minimum Gasteiger partial charge on any atom is -0.465 e. The maximum atomic E-state index is 12.5. The molecule has 0 N–H and O–H groups in total. The molecule has 3 rings (SSSR count). The molecule has 266 valence electrons. The molecule has 0 aromatic heterocycles. The van der Waals surface area contributed by atoms with Gasteiger partial charge in [0.15, 0.2) is 0 Å². The molecule has 3 saturated carbocycles. The van der Waals surface area contributed by atoms with E-state index in [2.05, 4.69) is 214 Å². The molecule has 0 aliphatic heterocycles. The minimum absolute atomic E-state index is 0.0380. The zero-order valence-corrected chi connectivity index (χ0v) is 31.5. The fourth-order valence-corrected chi connectivity index (χ4v) is 6.42. The van der Waals surface area contributed by atoms with Crippen LogP contribution in [0.3, 0.4) is 0 Å². The third-order valence-electron chi connectivity index (χ3n) is 8.44. The summed E-state index contributed by atoms with van der Waals surface area (Å²) in [4.78, 5) is 26.3. The van der Waals surface area contributed by atoms with E-state index in [1.54, 1.807) is 6.92 Å². The average Bonchev–Trinajstić information content (AvgIpc) is 3.96. The van der Waals surface area contributed by atoms with Gasteiger partial charge in [0.25, 0.3) is 5.91 Å². The van der Waals surface area contributed by atoms with Crippen LogP contribution in [0.15, 0.2) is 12.2 Å². The van der Waals surface area contributed by atoms with Gasteiger partial charge < -0.3 is 4.74 Å². The Morgan fingerprint density at radius 1 is 0.552 bits per heavy atom. The van der Waals surface area contributed by atoms with Crippen molar-refractivity contribution in [3.8, 4) is 214 Å². The molecule has 3 fully saturated rings. The highest BCUT2D eigenvalue weighted by atomic mass is 16.5. The van der Waals surface area contributed by atoms with Gasteiger partial charge >= 0.3 is 5.97 Å². The fraction of sp³-hybridized carbons (Fsp3) is 0.259. The molecule has 0 aromatic rings. The van der Waals surface area contributed by atoms with Crippen LogP contribution in [0, 0.1) is 243 Å². The number of hydrogen-bond acceptors (Lipinski definition) is 3. The topological polar surface area (TPSA) is 46.6 Å². The number of carbonyl (C=O) groups excluding carboxylic acids is 2. The van der Waals surface area contributed by atoms with E-state index >= 15 is 0 Å². The molecule has 4 nitrogen and oxygen atoms in total. The highest BCUT2D eigenvalue weighted by Gasteiger charge is 2.53. The molecule has 0 spiro atoms. The zero-order chi connectivity index (χ0) is 41.3. The Morgan fingerprint density at radius 3 is 1.33 bits per heavy atom. The first-order valence-corrected chi connectivity index (χ1v) is 17.6. The zero-order valence-electron chi connectivity index (χ0n) is 31.5. The first-order chi connectivity index (χ1) is 28.5. The minimum atomic E-state index is -0.384. The van der Waals surface area contributed by atoms with Crippen LogP contribution in [0.2, 0.25) is 0 Å². The largest absolute Gasteiger partial charge is 0.465 e. The van der Waals surface area contributed by atoms with E-state index in [4.69, 9.17) is 11.2 Å². The van der Waals surface area contributed by atoms with Crippen molar-refractivity contribution < 1.29 is 14.3 Å². The van der Waals surface area contributed by atoms with E-state index < -0.39 is 0 Å². The quantitative estimate of drug-likeness (QED) is 0.183. The standard InChI is InChI=1S/C54H27NO3/c1-4-5-6-7-8-9-10-11-12-13-14-15-16-17-18-19-20-21-22-23-24-25-26-27-28-29-30-31-32-33-34-35-36-37-42-55(54(57)47(2)3)43-41-53(56)58-46-49-44-48-45-52(49)51-40-38-39-50(48)51/h1,48-52H,2,38-41,43-46H2,3H3. The Labute approximate surface area is 344 Å². The molecule has 2 bridgehead atoms. The van der Waals surface area contributed by atoms with Crippen molar-refractivity contribution in [1.82, 2.24) is 4.90 Å². The molecule has 4 heteroatoms. The van der Waals surface area contributed by atoms with E-state index in [1.807, 2.05) is 0 Å². The summed E-state index contributed by atoms with van der Waals surface area (Å²) in [5.41, 5.74) is 0.299. The lowest BCUT2D eigenvalue weighted by atomic mass is 9.76. The van der Waals surface area contributed by atoms with Gasteiger partial charge in [-0.2, -0.15) is 0 Å². The van der Waals surface area contributed by atoms with Gasteiger partial charge in [-0.3, -0.25) is 14.5 Å². The lowest BCUT2D eigenvalue weighted by Gasteiger charge is -2.31. The van der Waals surface area contributed by atoms with Crippen LogP contribution in [0.4, 0.5) is 0 Å². The summed E-state index contributed by atoms with van der Waals surface area (Å²) in [7, 11) is 0. The predicted octanol–water partition coefficient (Wildman–Crippen LogP) is 3.05. The van der Waals surface area contributed by atoms with Gasteiger partial charge in [-0.05, 0) is 110 Å². The van der Waals surface area contributed by atoms with Crippen molar-refractivity contribution in [3.05, 3.63) is 12.2 Å². The number of nitrogens with zero attached hydrogens (tertiary/aromatic N) is 1. The van der Waals surface area contributed by atoms with Gasteiger partial charge in [-0.1, -0.05) is 13.0 Å². The molecule has 5 unspecified atom stereocenters. The van der Waals surface area contributed by atoms with Crippen LogP contribution in [0.5, 0.6) is 0 Å². The lowest BCUT2D eigenvalue weighted by Crippen LogP contribution is -2.31. The number of rotatable bonds is 6. The summed E-state index contributed by atoms with van der Waals surface area (Å²) >= 11 is 0. The van der Waals surface area contributed by atoms with Crippen molar-refractivity contribution in [1.29, 1.82) is 0 Å². The molecule has 0 aromatic carbocycles. The summed E-state index contributed by atoms with van der Waals surface area (Å²) in [6, 6.07) is 2.67. The number of esters is 1. The predicted molar refractivity (Wildman–Crippen MR) is 224 cm³/mol. The molecular formula is C54H27NO3. The molecule has 0 radical (unpaired) electrons. The number of terminal acetylenes is 1. The summed E-state index contributed by atoms with van der Waals surface area (Å²) in [5.74, 6) is 87.5. The lowest BCUT2D eigenvalue weighted by molar-refractivity contribution is -0.146. The van der Waals surface area contributed by atoms with Crippen LogP contribution in [0.1, 0.15) is 45.4 Å². The van der Waals surface area contributed by atoms with Crippen LogP contribution >= 0.6 is 0 Å². The van der Waals surface area contributed by atoms with E-state index in [1.165, 1.54) is 37.0 Å². The van der Waals surface area contributed by atoms with Crippen LogP contribution in [0.25, 0.3) is 0 Å². The molecule has 0 heterocycles. The Morgan fingerprint density at radius 2 is 0.931 bits per heavy atom. The first-order valence-electron chi connectivity index (χ1n) is 17.6. The van der Waals surface area contributed by atoms with Crippen LogP contribution < -0.4 is 0 Å². The Balaban J connectivity index is 1.34. The second kappa shape index (κ2) is 27.4. The average molecular weight is 738 g/mol. The van der Waals surface area contributed by atoms with Crippen molar-refractivity contribution in [2.24, 2.45) is 29.6 Å². The van der Waals surface area contributed by atoms with Crippen molar-refractivity contribution in [2.75, 3.05) is 13.2 Å². The Bertz CT molecular complexity index is 2890. The molecule has 5 atom stereocenters. The van der Waals surface area contributed by atoms with Gasteiger partial charge in [0, 0.05) is 172 Å². The molecule has 58 heavy (non-hydrogen) atoms. The van der Waals surface area contributed by atoms with E-state index in [0.717, 1.165) is 17.8 Å². The van der Waals surface area contributed by atoms with Crippen molar-refractivity contribution in [3.63, 3.8) is 0 Å². The van der Waals surface area contributed by atoms with Crippen LogP contribution in [-0.2, 0) is 14.3 Å². The van der Waals surface area contributed by atoms with Crippen LogP contribution in [-0.4, -0.2) is 29.9 Å². The summed E-state index contributed by atoms with van der Waals surface area (Å²) < 4.78 is 5.63. The number of fused-ring (bicyclic) bond motifs is 5. The monoisotopic (exact) mass is 737 g/mol. The molecule has 1 amide bonds. The Hall–Kier alpha value is -9.24. The molecule has 3 aliphatic rings. The van der Waals surface area contributed by atoms with Crippen molar-refractivity contribution >= 4 is 11.9 Å². The number of amides is 1. The molecule has 3 aliphatic carbocycles. The highest BCUT2D eigenvalue weighted by molar-refractivity contribution is 5.93. The number of ether oxygens (including phenoxy) is 1. The summed E-state index contributed by atoms with van der Waals surface area (Å²) in [6.07, 6.45) is 11.5. The molecule has 0 saturated heterocycles. The number of hydrogen-bond donors (Lipinski definition) is 0. The normalized spacial score (nSPS) is 16.0. The SMILES string of the molecule is C#CC#CC#CC#CC#CC#CC#CC#CC#CC#CC#CC#CC#CC#CC#CC#CC#CC#CN(CCC(=O)OCC1CC2CC1C1CCCC21)C(=O)C(=C)C. The number of carbonyl (C=O) groups is 2. The maximum Gasteiger partial charge on any atom is 0.307 e. The smallest absolute Gasteiger partial charge is 0.307 e. The maximum absolute atomic E-state index is 12.5. The third kappa shape index (κ3) is 17.5. The van der Waals surface area contributed by atoms with Gasteiger partial charge in [-0.15, -0.1) is 6.42 Å². The summed E-state index contributed by atoms with van der Waals surface area (Å²) in [6.45, 7) is 5.82. The van der Waals surface area contributed by atoms with Gasteiger partial charge in [0.2, 0.25) is 0 Å². The van der Waals surface area contributed by atoms with Gasteiger partial charge in [0.05, 0.1) is 13.0 Å². The van der Waals surface area contributed by atoms with E-state index in [9.17, 15) is 9.59 Å². The van der Waals surface area contributed by atoms with Crippen molar-refractivity contribution in [2.45, 2.75) is 45.4 Å². The van der Waals surface area contributed by atoms with Gasteiger partial charge in [0.1, 0.15) is 0 Å². The fourth-order valence-electron chi connectivity index (χ4n) is 6.42. The Kier molecular flexibility index (Phi) is 20.4. The first kappa shape index (κ1) is 43.2.